The third-order valence-electron chi connectivity index (χ3n) is 1.93. The number of rotatable bonds is 4. The number of Topliss-reactive ketones (excluding diaryl/α,β-unsaturated/α-hetero) is 1. The van der Waals surface area contributed by atoms with Gasteiger partial charge in [0.05, 0.1) is 5.25 Å². The maximum Gasteiger partial charge on any atom is 0.218 e. The van der Waals surface area contributed by atoms with E-state index >= 15 is 0 Å². The molecule has 0 aliphatic carbocycles. The molecule has 0 saturated carbocycles. The zero-order valence-corrected chi connectivity index (χ0v) is 9.08. The lowest BCUT2D eigenvalue weighted by molar-refractivity contribution is -0.116. The minimum atomic E-state index is -3.37. The number of sulfonamides is 1. The lowest BCUT2D eigenvalue weighted by Crippen LogP contribution is -2.31. The van der Waals surface area contributed by atoms with Crippen molar-refractivity contribution in [2.45, 2.75) is 18.1 Å². The Morgan fingerprint density at radius 1 is 1.62 bits per heavy atom. The van der Waals surface area contributed by atoms with Gasteiger partial charge in [-0.2, -0.15) is 11.8 Å². The number of carbonyl (C=O) groups excluding carboxylic acids is 1. The largest absolute Gasteiger partial charge is 0.297 e. The molecule has 0 aromatic carbocycles. The van der Waals surface area contributed by atoms with Gasteiger partial charge in [-0.05, 0) is 25.6 Å². The highest BCUT2D eigenvalue weighted by Gasteiger charge is 2.26. The summed E-state index contributed by atoms with van der Waals surface area (Å²) in [5.74, 6) is 0.425. The second-order valence-electron chi connectivity index (χ2n) is 2.93. The van der Waals surface area contributed by atoms with Crippen LogP contribution in [0.15, 0.2) is 0 Å². The highest BCUT2D eigenvalue weighted by molar-refractivity contribution is 8.01. The van der Waals surface area contributed by atoms with Crippen LogP contribution in [0, 0.1) is 0 Å². The normalized spacial score (nSPS) is 23.3. The van der Waals surface area contributed by atoms with Crippen LogP contribution in [0.3, 0.4) is 0 Å². The molecule has 13 heavy (non-hydrogen) atoms. The fourth-order valence-corrected chi connectivity index (χ4v) is 3.23. The number of hydrogen-bond donors (Lipinski definition) is 1. The highest BCUT2D eigenvalue weighted by atomic mass is 32.2. The van der Waals surface area contributed by atoms with Gasteiger partial charge in [0.1, 0.15) is 5.75 Å². The summed E-state index contributed by atoms with van der Waals surface area (Å²) in [7, 11) is -2.05. The van der Waals surface area contributed by atoms with Crippen molar-refractivity contribution >= 4 is 27.6 Å². The van der Waals surface area contributed by atoms with Gasteiger partial charge in [0.15, 0.2) is 5.78 Å². The van der Waals surface area contributed by atoms with E-state index in [1.54, 1.807) is 11.8 Å². The predicted octanol–water partition coefficient (Wildman–Crippen LogP) is 0.000300. The van der Waals surface area contributed by atoms with Gasteiger partial charge < -0.3 is 0 Å². The first-order chi connectivity index (χ1) is 6.05. The molecule has 4 nitrogen and oxygen atoms in total. The molecular weight excluding hydrogens is 210 g/mol. The second-order valence-corrected chi connectivity index (χ2v) is 6.17. The van der Waals surface area contributed by atoms with Gasteiger partial charge in [0.25, 0.3) is 0 Å². The topological polar surface area (TPSA) is 63.2 Å². The van der Waals surface area contributed by atoms with Crippen molar-refractivity contribution in [1.82, 2.24) is 4.72 Å². The molecule has 1 unspecified atom stereocenters. The second kappa shape index (κ2) is 4.43. The molecule has 1 rings (SSSR count). The molecule has 1 aliphatic heterocycles. The Morgan fingerprint density at radius 3 is 2.77 bits per heavy atom. The average Bonchev–Trinajstić information content (AvgIpc) is 2.55. The zero-order valence-electron chi connectivity index (χ0n) is 7.45. The Morgan fingerprint density at radius 2 is 2.31 bits per heavy atom. The minimum Gasteiger partial charge on any atom is -0.297 e. The van der Waals surface area contributed by atoms with Crippen LogP contribution in [0.25, 0.3) is 0 Å². The molecule has 0 amide bonds. The molecule has 1 atom stereocenters. The summed E-state index contributed by atoms with van der Waals surface area (Å²) in [5, 5.41) is -0.0943. The molecule has 6 heteroatoms. The van der Waals surface area contributed by atoms with Crippen molar-refractivity contribution in [1.29, 1.82) is 0 Å². The number of nitrogens with one attached hydrogen (secondary N) is 1. The molecule has 1 aliphatic rings. The smallest absolute Gasteiger partial charge is 0.218 e. The Labute approximate surface area is 82.5 Å². The Bertz CT molecular complexity index is 280. The first-order valence-corrected chi connectivity index (χ1v) is 6.81. The summed E-state index contributed by atoms with van der Waals surface area (Å²) < 4.78 is 24.2. The Balaban J connectivity index is 2.49. The maximum atomic E-state index is 11.4. The molecule has 0 bridgehead atoms. The summed E-state index contributed by atoms with van der Waals surface area (Å²) in [6, 6.07) is 0. The van der Waals surface area contributed by atoms with Crippen LogP contribution < -0.4 is 4.72 Å². The van der Waals surface area contributed by atoms with E-state index in [9.17, 15) is 13.2 Å². The van der Waals surface area contributed by atoms with Gasteiger partial charge in [0, 0.05) is 0 Å². The van der Waals surface area contributed by atoms with Gasteiger partial charge >= 0.3 is 0 Å². The monoisotopic (exact) mass is 223 g/mol. The lowest BCUT2D eigenvalue weighted by Gasteiger charge is -2.06. The van der Waals surface area contributed by atoms with Crippen LogP contribution in [-0.4, -0.2) is 38.0 Å². The van der Waals surface area contributed by atoms with Crippen molar-refractivity contribution in [3.05, 3.63) is 0 Å². The van der Waals surface area contributed by atoms with Crippen LogP contribution in [-0.2, 0) is 14.8 Å². The summed E-state index contributed by atoms with van der Waals surface area (Å²) in [4.78, 5) is 11.4. The molecule has 0 spiro atoms. The van der Waals surface area contributed by atoms with E-state index in [0.29, 0.717) is 0 Å². The van der Waals surface area contributed by atoms with E-state index in [2.05, 4.69) is 4.72 Å². The van der Waals surface area contributed by atoms with E-state index in [0.717, 1.165) is 18.6 Å². The van der Waals surface area contributed by atoms with Crippen molar-refractivity contribution in [3.8, 4) is 0 Å². The minimum absolute atomic E-state index is 0.0943. The highest BCUT2D eigenvalue weighted by Crippen LogP contribution is 2.26. The van der Waals surface area contributed by atoms with E-state index in [-0.39, 0.29) is 16.8 Å². The standard InChI is InChI=1S/C7H13NO3S2/c1-8-13(10,11)5-6(9)7-3-2-4-12-7/h7-8H,2-5H2,1H3. The third kappa shape index (κ3) is 3.28. The molecule has 76 valence electrons. The summed E-state index contributed by atoms with van der Waals surface area (Å²) in [6.45, 7) is 0. The first kappa shape index (κ1) is 11.0. The molecule has 0 radical (unpaired) electrons. The number of hydrogen-bond acceptors (Lipinski definition) is 4. The van der Waals surface area contributed by atoms with E-state index < -0.39 is 10.0 Å². The number of thioether (sulfide) groups is 1. The van der Waals surface area contributed by atoms with Gasteiger partial charge in [-0.15, -0.1) is 0 Å². The van der Waals surface area contributed by atoms with Gasteiger partial charge in [-0.25, -0.2) is 13.1 Å². The SMILES string of the molecule is CNS(=O)(=O)CC(=O)C1CCCS1. The molecule has 1 N–H and O–H groups in total. The van der Waals surface area contributed by atoms with Crippen molar-refractivity contribution in [2.75, 3.05) is 18.6 Å². The number of ketones is 1. The lowest BCUT2D eigenvalue weighted by atomic mass is 10.2. The zero-order chi connectivity index (χ0) is 9.90. The summed E-state index contributed by atoms with van der Waals surface area (Å²) in [5.41, 5.74) is 0. The summed E-state index contributed by atoms with van der Waals surface area (Å²) in [6.07, 6.45) is 1.84. The molecule has 0 aromatic heterocycles. The van der Waals surface area contributed by atoms with Gasteiger partial charge in [-0.3, -0.25) is 4.79 Å². The van der Waals surface area contributed by atoms with E-state index in [4.69, 9.17) is 0 Å². The van der Waals surface area contributed by atoms with Crippen molar-refractivity contribution in [2.24, 2.45) is 0 Å². The molecule has 1 heterocycles. The fourth-order valence-electron chi connectivity index (χ4n) is 1.18. The van der Waals surface area contributed by atoms with Crippen LogP contribution in [0.2, 0.25) is 0 Å². The Kier molecular flexibility index (Phi) is 3.75. The quantitative estimate of drug-likeness (QED) is 0.728. The van der Waals surface area contributed by atoms with Crippen molar-refractivity contribution in [3.63, 3.8) is 0 Å². The van der Waals surface area contributed by atoms with Gasteiger partial charge in [0.2, 0.25) is 10.0 Å². The van der Waals surface area contributed by atoms with Crippen molar-refractivity contribution < 1.29 is 13.2 Å². The predicted molar refractivity (Wildman–Crippen MR) is 53.3 cm³/mol. The third-order valence-corrected chi connectivity index (χ3v) is 4.64. The molecule has 1 fully saturated rings. The molecular formula is C7H13NO3S2. The average molecular weight is 223 g/mol. The summed E-state index contributed by atoms with van der Waals surface area (Å²) >= 11 is 1.56. The fraction of sp³-hybridized carbons (Fsp3) is 0.857. The van der Waals surface area contributed by atoms with Crippen LogP contribution in [0.5, 0.6) is 0 Å². The first-order valence-electron chi connectivity index (χ1n) is 4.11. The Hall–Kier alpha value is -0.0700. The van der Waals surface area contributed by atoms with E-state index in [1.807, 2.05) is 0 Å². The molecule has 1 saturated heterocycles. The van der Waals surface area contributed by atoms with Gasteiger partial charge in [-0.1, -0.05) is 0 Å². The number of carbonyl (C=O) groups is 1. The van der Waals surface area contributed by atoms with Crippen LogP contribution in [0.4, 0.5) is 0 Å². The van der Waals surface area contributed by atoms with E-state index in [1.165, 1.54) is 7.05 Å². The van der Waals surface area contributed by atoms with Crippen LogP contribution in [0.1, 0.15) is 12.8 Å². The molecule has 0 aromatic rings. The maximum absolute atomic E-state index is 11.4. The van der Waals surface area contributed by atoms with Crippen LogP contribution >= 0.6 is 11.8 Å².